The monoisotopic (exact) mass is 242 g/mol. The van der Waals surface area contributed by atoms with Crippen LogP contribution >= 0.6 is 15.9 Å². The minimum absolute atomic E-state index is 0.0616. The Bertz CT molecular complexity index is 324. The molecule has 1 aliphatic carbocycles. The van der Waals surface area contributed by atoms with Gasteiger partial charge in [0.1, 0.15) is 5.82 Å². The van der Waals surface area contributed by atoms with Crippen LogP contribution in [0.15, 0.2) is 24.3 Å². The summed E-state index contributed by atoms with van der Waals surface area (Å²) in [5.74, 6) is 0.540. The minimum Gasteiger partial charge on any atom is -0.207 e. The van der Waals surface area contributed by atoms with E-state index < -0.39 is 0 Å². The first-order valence-electron chi connectivity index (χ1n) is 4.49. The first-order valence-corrected chi connectivity index (χ1v) is 5.61. The third kappa shape index (κ3) is 1.41. The fourth-order valence-electron chi connectivity index (χ4n) is 1.93. The lowest BCUT2D eigenvalue weighted by Gasteiger charge is -2.11. The SMILES string of the molecule is CC1(c2ccccc2F)CC1CBr. The molecule has 1 aromatic carbocycles. The number of alkyl halides is 1. The first kappa shape index (κ1) is 9.20. The highest BCUT2D eigenvalue weighted by Crippen LogP contribution is 2.55. The Kier molecular flexibility index (Phi) is 2.18. The van der Waals surface area contributed by atoms with Gasteiger partial charge in [-0.2, -0.15) is 0 Å². The zero-order valence-corrected chi connectivity index (χ0v) is 9.14. The molecule has 0 saturated heterocycles. The average Bonchev–Trinajstić information content (AvgIpc) is 2.79. The maximum atomic E-state index is 13.4. The van der Waals surface area contributed by atoms with Crippen LogP contribution in [-0.4, -0.2) is 5.33 Å². The van der Waals surface area contributed by atoms with E-state index in [1.54, 1.807) is 12.1 Å². The molecule has 2 rings (SSSR count). The van der Waals surface area contributed by atoms with Crippen molar-refractivity contribution in [1.82, 2.24) is 0 Å². The van der Waals surface area contributed by atoms with Crippen LogP contribution in [0.5, 0.6) is 0 Å². The number of halogens is 2. The Morgan fingerprint density at radius 3 is 2.77 bits per heavy atom. The summed E-state index contributed by atoms with van der Waals surface area (Å²) in [6.45, 7) is 2.14. The highest BCUT2D eigenvalue weighted by molar-refractivity contribution is 9.09. The Balaban J connectivity index is 2.32. The molecule has 13 heavy (non-hydrogen) atoms. The summed E-state index contributed by atoms with van der Waals surface area (Å²) in [6.07, 6.45) is 1.10. The highest BCUT2D eigenvalue weighted by atomic mass is 79.9. The molecule has 2 atom stereocenters. The molecule has 1 aromatic rings. The summed E-state index contributed by atoms with van der Waals surface area (Å²) in [5.41, 5.74) is 0.953. The Hall–Kier alpha value is -0.370. The van der Waals surface area contributed by atoms with Crippen LogP contribution in [0.3, 0.4) is 0 Å². The molecule has 1 fully saturated rings. The van der Waals surface area contributed by atoms with Crippen LogP contribution in [0.25, 0.3) is 0 Å². The maximum Gasteiger partial charge on any atom is 0.126 e. The summed E-state index contributed by atoms with van der Waals surface area (Å²) >= 11 is 3.45. The molecular formula is C11H12BrF. The summed E-state index contributed by atoms with van der Waals surface area (Å²) in [5, 5.41) is 0.970. The van der Waals surface area contributed by atoms with Gasteiger partial charge in [-0.1, -0.05) is 41.1 Å². The van der Waals surface area contributed by atoms with E-state index in [0.29, 0.717) is 5.92 Å². The predicted octanol–water partition coefficient (Wildman–Crippen LogP) is 3.50. The second kappa shape index (κ2) is 3.09. The second-order valence-corrected chi connectivity index (χ2v) is 4.60. The third-order valence-corrected chi connectivity index (χ3v) is 3.87. The standard InChI is InChI=1S/C11H12BrF/c1-11(6-8(11)7-12)9-4-2-3-5-10(9)13/h2-5,8H,6-7H2,1H3. The highest BCUT2D eigenvalue weighted by Gasteiger charge is 2.51. The van der Waals surface area contributed by atoms with E-state index >= 15 is 0 Å². The molecule has 1 aliphatic rings. The van der Waals surface area contributed by atoms with E-state index in [9.17, 15) is 4.39 Å². The zero-order valence-electron chi connectivity index (χ0n) is 7.56. The van der Waals surface area contributed by atoms with E-state index in [-0.39, 0.29) is 11.2 Å². The van der Waals surface area contributed by atoms with Crippen LogP contribution < -0.4 is 0 Å². The van der Waals surface area contributed by atoms with Gasteiger partial charge in [0, 0.05) is 5.33 Å². The van der Waals surface area contributed by atoms with E-state index in [1.165, 1.54) is 0 Å². The topological polar surface area (TPSA) is 0 Å². The Morgan fingerprint density at radius 2 is 2.23 bits per heavy atom. The van der Waals surface area contributed by atoms with Gasteiger partial charge in [-0.3, -0.25) is 0 Å². The van der Waals surface area contributed by atoms with Crippen molar-refractivity contribution in [3.63, 3.8) is 0 Å². The van der Waals surface area contributed by atoms with E-state index in [2.05, 4.69) is 22.9 Å². The van der Waals surface area contributed by atoms with Crippen LogP contribution in [0.2, 0.25) is 0 Å². The van der Waals surface area contributed by atoms with Crippen LogP contribution in [0.1, 0.15) is 18.9 Å². The lowest BCUT2D eigenvalue weighted by Crippen LogP contribution is -2.07. The minimum atomic E-state index is -0.0616. The molecule has 2 unspecified atom stereocenters. The molecule has 0 aromatic heterocycles. The lowest BCUT2D eigenvalue weighted by molar-refractivity contribution is 0.574. The molecule has 0 bridgehead atoms. The number of rotatable bonds is 2. The maximum absolute atomic E-state index is 13.4. The number of hydrogen-bond acceptors (Lipinski definition) is 0. The summed E-state index contributed by atoms with van der Waals surface area (Å²) in [7, 11) is 0. The van der Waals surface area contributed by atoms with Gasteiger partial charge >= 0.3 is 0 Å². The van der Waals surface area contributed by atoms with Gasteiger partial charge in [-0.25, -0.2) is 4.39 Å². The van der Waals surface area contributed by atoms with Gasteiger partial charge in [0.15, 0.2) is 0 Å². The van der Waals surface area contributed by atoms with E-state index in [0.717, 1.165) is 17.3 Å². The second-order valence-electron chi connectivity index (χ2n) is 3.95. The zero-order chi connectivity index (χ0) is 9.47. The molecule has 0 amide bonds. The molecule has 1 saturated carbocycles. The van der Waals surface area contributed by atoms with Gasteiger partial charge in [-0.15, -0.1) is 0 Å². The molecule has 0 radical (unpaired) electrons. The molecule has 0 spiro atoms. The van der Waals surface area contributed by atoms with Crippen molar-refractivity contribution < 1.29 is 4.39 Å². The van der Waals surface area contributed by atoms with Crippen molar-refractivity contribution in [2.75, 3.05) is 5.33 Å². The van der Waals surface area contributed by atoms with Crippen LogP contribution in [-0.2, 0) is 5.41 Å². The van der Waals surface area contributed by atoms with Crippen LogP contribution in [0, 0.1) is 11.7 Å². The van der Waals surface area contributed by atoms with Crippen molar-refractivity contribution in [2.24, 2.45) is 5.92 Å². The first-order chi connectivity index (χ1) is 6.18. The quantitative estimate of drug-likeness (QED) is 0.697. The largest absolute Gasteiger partial charge is 0.207 e. The van der Waals surface area contributed by atoms with Gasteiger partial charge in [0.2, 0.25) is 0 Å². The molecule has 0 aliphatic heterocycles. The van der Waals surface area contributed by atoms with Crippen molar-refractivity contribution >= 4 is 15.9 Å². The van der Waals surface area contributed by atoms with Gasteiger partial charge in [0.05, 0.1) is 0 Å². The van der Waals surface area contributed by atoms with Crippen molar-refractivity contribution in [3.8, 4) is 0 Å². The number of benzene rings is 1. The molecule has 0 heterocycles. The number of hydrogen-bond donors (Lipinski definition) is 0. The van der Waals surface area contributed by atoms with Gasteiger partial charge in [-0.05, 0) is 29.4 Å². The fraction of sp³-hybridized carbons (Fsp3) is 0.455. The predicted molar refractivity (Wildman–Crippen MR) is 55.7 cm³/mol. The van der Waals surface area contributed by atoms with Crippen molar-refractivity contribution in [3.05, 3.63) is 35.6 Å². The van der Waals surface area contributed by atoms with Gasteiger partial charge in [0.25, 0.3) is 0 Å². The molecule has 70 valence electrons. The summed E-state index contributed by atoms with van der Waals surface area (Å²) < 4.78 is 13.4. The van der Waals surface area contributed by atoms with Crippen molar-refractivity contribution in [1.29, 1.82) is 0 Å². The third-order valence-electron chi connectivity index (χ3n) is 3.09. The fourth-order valence-corrected chi connectivity index (χ4v) is 2.88. The Morgan fingerprint density at radius 1 is 1.54 bits per heavy atom. The smallest absolute Gasteiger partial charge is 0.126 e. The molecule has 2 heteroatoms. The summed E-state index contributed by atoms with van der Waals surface area (Å²) in [6, 6.07) is 7.10. The molecular weight excluding hydrogens is 231 g/mol. The van der Waals surface area contributed by atoms with Gasteiger partial charge < -0.3 is 0 Å². The summed E-state index contributed by atoms with van der Waals surface area (Å²) in [4.78, 5) is 0. The average molecular weight is 243 g/mol. The van der Waals surface area contributed by atoms with E-state index in [4.69, 9.17) is 0 Å². The van der Waals surface area contributed by atoms with Crippen LogP contribution in [0.4, 0.5) is 4.39 Å². The van der Waals surface area contributed by atoms with E-state index in [1.807, 2.05) is 12.1 Å². The van der Waals surface area contributed by atoms with Crippen molar-refractivity contribution in [2.45, 2.75) is 18.8 Å². The Labute approximate surface area is 86.3 Å². The molecule has 0 nitrogen and oxygen atoms in total. The normalized spacial score (nSPS) is 31.8. The lowest BCUT2D eigenvalue weighted by atomic mass is 9.95. The molecule has 0 N–H and O–H groups in total.